The minimum absolute atomic E-state index is 0.0698. The van der Waals surface area contributed by atoms with E-state index in [-0.39, 0.29) is 12.3 Å². The minimum Gasteiger partial charge on any atom is -0.426 e. The van der Waals surface area contributed by atoms with Gasteiger partial charge in [0.15, 0.2) is 5.41 Å². The van der Waals surface area contributed by atoms with Crippen LogP contribution in [-0.4, -0.2) is 11.9 Å². The van der Waals surface area contributed by atoms with Crippen LogP contribution in [-0.2, 0) is 16.0 Å². The minimum atomic E-state index is -1.47. The van der Waals surface area contributed by atoms with Crippen molar-refractivity contribution in [3.63, 3.8) is 0 Å². The molecule has 3 aromatic carbocycles. The van der Waals surface area contributed by atoms with E-state index in [9.17, 15) is 9.59 Å². The maximum absolute atomic E-state index is 13.5. The fourth-order valence-electron chi connectivity index (χ4n) is 3.49. The maximum atomic E-state index is 13.5. The van der Waals surface area contributed by atoms with Crippen molar-refractivity contribution >= 4 is 11.9 Å². The predicted molar refractivity (Wildman–Crippen MR) is 116 cm³/mol. The van der Waals surface area contributed by atoms with Gasteiger partial charge in [0.05, 0.1) is 0 Å². The Bertz CT molecular complexity index is 897. The largest absolute Gasteiger partial charge is 0.426 e. The van der Waals surface area contributed by atoms with Gasteiger partial charge in [-0.25, -0.2) is 0 Å². The van der Waals surface area contributed by atoms with Crippen molar-refractivity contribution in [1.82, 2.24) is 0 Å². The second-order valence-electron chi connectivity index (χ2n) is 7.75. The average Bonchev–Trinajstić information content (AvgIpc) is 2.75. The number of ether oxygens (including phenoxy) is 2. The van der Waals surface area contributed by atoms with Gasteiger partial charge in [-0.2, -0.15) is 0 Å². The normalized spacial score (nSPS) is 11.2. The molecule has 3 aromatic rings. The highest BCUT2D eigenvalue weighted by molar-refractivity contribution is 6.02. The molecule has 0 aliphatic rings. The number of benzene rings is 3. The zero-order valence-electron chi connectivity index (χ0n) is 17.3. The van der Waals surface area contributed by atoms with Crippen LogP contribution in [0.4, 0.5) is 0 Å². The summed E-state index contributed by atoms with van der Waals surface area (Å²) in [5.74, 6) is -0.341. The highest BCUT2D eigenvalue weighted by Crippen LogP contribution is 2.35. The second-order valence-corrected chi connectivity index (χ2v) is 7.75. The van der Waals surface area contributed by atoms with E-state index in [0.717, 1.165) is 5.56 Å². The zero-order valence-corrected chi connectivity index (χ0v) is 17.3. The van der Waals surface area contributed by atoms with Gasteiger partial charge in [-0.3, -0.25) is 9.59 Å². The Morgan fingerprint density at radius 1 is 0.700 bits per heavy atom. The summed E-state index contributed by atoms with van der Waals surface area (Å²) in [7, 11) is 0. The Kier molecular flexibility index (Phi) is 7.02. The molecular formula is C26H26O4. The van der Waals surface area contributed by atoms with Gasteiger partial charge in [-0.05, 0) is 48.6 Å². The van der Waals surface area contributed by atoms with Crippen LogP contribution in [0.5, 0.6) is 11.5 Å². The Balaban J connectivity index is 2.00. The van der Waals surface area contributed by atoms with Gasteiger partial charge < -0.3 is 9.47 Å². The summed E-state index contributed by atoms with van der Waals surface area (Å²) >= 11 is 0. The first-order valence-electron chi connectivity index (χ1n) is 10.1. The van der Waals surface area contributed by atoms with Crippen LogP contribution < -0.4 is 9.47 Å². The third kappa shape index (κ3) is 5.35. The van der Waals surface area contributed by atoms with E-state index in [1.165, 1.54) is 0 Å². The van der Waals surface area contributed by atoms with E-state index in [4.69, 9.17) is 9.47 Å². The summed E-state index contributed by atoms with van der Waals surface area (Å²) in [6.45, 7) is 3.96. The van der Waals surface area contributed by atoms with Crippen LogP contribution in [0.2, 0.25) is 0 Å². The van der Waals surface area contributed by atoms with Gasteiger partial charge in [-0.1, -0.05) is 80.6 Å². The van der Waals surface area contributed by atoms with Crippen molar-refractivity contribution in [2.24, 2.45) is 11.3 Å². The molecule has 3 rings (SSSR count). The molecule has 0 aliphatic carbocycles. The molecule has 0 unspecified atom stereocenters. The van der Waals surface area contributed by atoms with Gasteiger partial charge in [0.25, 0.3) is 0 Å². The monoisotopic (exact) mass is 402 g/mol. The molecule has 0 fully saturated rings. The molecule has 0 bridgehead atoms. The number of rotatable bonds is 8. The molecule has 154 valence electrons. The SMILES string of the molecule is CC(C)CC(Cc1ccccc1)(C(=O)Oc1ccccc1)C(=O)Oc1ccccc1. The van der Waals surface area contributed by atoms with Crippen LogP contribution in [0.1, 0.15) is 25.8 Å². The van der Waals surface area contributed by atoms with Crippen LogP contribution in [0, 0.1) is 11.3 Å². The standard InChI is InChI=1S/C26H26O4/c1-20(2)18-26(19-21-12-6-3-7-13-21,24(27)29-22-14-8-4-9-15-22)25(28)30-23-16-10-5-11-17-23/h3-17,20H,18-19H2,1-2H3. The fraction of sp³-hybridized carbons (Fsp3) is 0.231. The molecule has 0 aliphatic heterocycles. The fourth-order valence-corrected chi connectivity index (χ4v) is 3.49. The molecule has 4 heteroatoms. The number of carbonyl (C=O) groups excluding carboxylic acids is 2. The smallest absolute Gasteiger partial charge is 0.329 e. The Labute approximate surface area is 177 Å². The molecule has 0 amide bonds. The Morgan fingerprint density at radius 2 is 1.10 bits per heavy atom. The van der Waals surface area contributed by atoms with Crippen molar-refractivity contribution in [1.29, 1.82) is 0 Å². The van der Waals surface area contributed by atoms with Gasteiger partial charge in [0, 0.05) is 0 Å². The number of hydrogen-bond donors (Lipinski definition) is 0. The van der Waals surface area contributed by atoms with Crippen LogP contribution in [0.3, 0.4) is 0 Å². The predicted octanol–water partition coefficient (Wildman–Crippen LogP) is 5.47. The van der Waals surface area contributed by atoms with E-state index in [1.54, 1.807) is 48.5 Å². The second kappa shape index (κ2) is 9.88. The van der Waals surface area contributed by atoms with Crippen molar-refractivity contribution < 1.29 is 19.1 Å². The number of para-hydroxylation sites is 2. The highest BCUT2D eigenvalue weighted by Gasteiger charge is 2.50. The summed E-state index contributed by atoms with van der Waals surface area (Å²) in [5.41, 5.74) is -0.602. The molecule has 0 saturated heterocycles. The third-order valence-electron chi connectivity index (χ3n) is 4.79. The van der Waals surface area contributed by atoms with E-state index in [0.29, 0.717) is 17.9 Å². The summed E-state index contributed by atoms with van der Waals surface area (Å²) < 4.78 is 11.3. The van der Waals surface area contributed by atoms with Gasteiger partial charge in [-0.15, -0.1) is 0 Å². The topological polar surface area (TPSA) is 52.6 Å². The van der Waals surface area contributed by atoms with Crippen molar-refractivity contribution in [2.45, 2.75) is 26.7 Å². The van der Waals surface area contributed by atoms with Crippen molar-refractivity contribution in [3.8, 4) is 11.5 Å². The Hall–Kier alpha value is -3.40. The molecule has 0 saturated carbocycles. The lowest BCUT2D eigenvalue weighted by Gasteiger charge is -2.31. The lowest BCUT2D eigenvalue weighted by molar-refractivity contribution is -0.162. The first-order chi connectivity index (χ1) is 14.5. The average molecular weight is 402 g/mol. The maximum Gasteiger partial charge on any atom is 0.329 e. The molecule has 0 N–H and O–H groups in total. The van der Waals surface area contributed by atoms with Gasteiger partial charge in [0.1, 0.15) is 11.5 Å². The van der Waals surface area contributed by atoms with E-state index in [1.807, 2.05) is 56.3 Å². The summed E-state index contributed by atoms with van der Waals surface area (Å²) in [6.07, 6.45) is 0.503. The first kappa shape index (κ1) is 21.3. The number of hydrogen-bond acceptors (Lipinski definition) is 4. The molecular weight excluding hydrogens is 376 g/mol. The molecule has 4 nitrogen and oxygen atoms in total. The van der Waals surface area contributed by atoms with E-state index < -0.39 is 17.4 Å². The zero-order chi connectivity index (χ0) is 21.4. The Morgan fingerprint density at radius 3 is 1.50 bits per heavy atom. The third-order valence-corrected chi connectivity index (χ3v) is 4.79. The molecule has 0 radical (unpaired) electrons. The molecule has 0 spiro atoms. The highest BCUT2D eigenvalue weighted by atomic mass is 16.6. The lowest BCUT2D eigenvalue weighted by atomic mass is 9.75. The van der Waals surface area contributed by atoms with E-state index in [2.05, 4.69) is 0 Å². The van der Waals surface area contributed by atoms with Crippen molar-refractivity contribution in [3.05, 3.63) is 96.6 Å². The van der Waals surface area contributed by atoms with E-state index >= 15 is 0 Å². The summed E-state index contributed by atoms with van der Waals surface area (Å²) in [5, 5.41) is 0. The van der Waals surface area contributed by atoms with Crippen LogP contribution >= 0.6 is 0 Å². The number of carbonyl (C=O) groups is 2. The van der Waals surface area contributed by atoms with Gasteiger partial charge >= 0.3 is 11.9 Å². The van der Waals surface area contributed by atoms with Crippen LogP contribution in [0.15, 0.2) is 91.0 Å². The molecule has 30 heavy (non-hydrogen) atoms. The lowest BCUT2D eigenvalue weighted by Crippen LogP contribution is -2.47. The number of esters is 2. The summed E-state index contributed by atoms with van der Waals surface area (Å²) in [4.78, 5) is 27.0. The first-order valence-corrected chi connectivity index (χ1v) is 10.1. The molecule has 0 atom stereocenters. The molecule has 0 heterocycles. The summed E-state index contributed by atoms with van der Waals surface area (Å²) in [6, 6.07) is 27.1. The van der Waals surface area contributed by atoms with Gasteiger partial charge in [0.2, 0.25) is 0 Å². The van der Waals surface area contributed by atoms with Crippen molar-refractivity contribution in [2.75, 3.05) is 0 Å². The molecule has 0 aromatic heterocycles. The quantitative estimate of drug-likeness (QED) is 0.285. The van der Waals surface area contributed by atoms with Crippen LogP contribution in [0.25, 0.3) is 0 Å².